The molecule has 1 aliphatic heterocycles. The Morgan fingerprint density at radius 3 is 2.26 bits per heavy atom. The van der Waals surface area contributed by atoms with Crippen molar-refractivity contribution in [1.29, 1.82) is 0 Å². The second kappa shape index (κ2) is 10.1. The molecule has 35 heavy (non-hydrogen) atoms. The SMILES string of the molecule is CC(C)CC(C(=O)OCC(=O)Nc1cccc(C(=O)NC2CC2)c1)N1C(=O)c2ccccc2C1=O. The summed E-state index contributed by atoms with van der Waals surface area (Å²) >= 11 is 0. The van der Waals surface area contributed by atoms with E-state index in [1.165, 1.54) is 6.07 Å². The second-order valence-corrected chi connectivity index (χ2v) is 9.16. The van der Waals surface area contributed by atoms with E-state index < -0.39 is 36.3 Å². The van der Waals surface area contributed by atoms with E-state index in [4.69, 9.17) is 4.74 Å². The summed E-state index contributed by atoms with van der Waals surface area (Å²) in [7, 11) is 0. The predicted octanol–water partition coefficient (Wildman–Crippen LogP) is 2.77. The van der Waals surface area contributed by atoms with Gasteiger partial charge in [0.25, 0.3) is 23.6 Å². The molecule has 1 aliphatic carbocycles. The molecule has 1 fully saturated rings. The van der Waals surface area contributed by atoms with E-state index in [2.05, 4.69) is 10.6 Å². The summed E-state index contributed by atoms with van der Waals surface area (Å²) in [6.45, 7) is 3.12. The number of hydrogen-bond donors (Lipinski definition) is 2. The molecule has 1 atom stereocenters. The minimum absolute atomic E-state index is 0.0183. The highest BCUT2D eigenvalue weighted by atomic mass is 16.5. The lowest BCUT2D eigenvalue weighted by molar-refractivity contribution is -0.151. The highest BCUT2D eigenvalue weighted by Gasteiger charge is 2.43. The number of anilines is 1. The van der Waals surface area contributed by atoms with Crippen molar-refractivity contribution in [2.75, 3.05) is 11.9 Å². The lowest BCUT2D eigenvalue weighted by atomic mass is 10.0. The average molecular weight is 478 g/mol. The Morgan fingerprint density at radius 1 is 1.00 bits per heavy atom. The van der Waals surface area contributed by atoms with Gasteiger partial charge in [-0.2, -0.15) is 0 Å². The molecule has 2 aromatic rings. The molecule has 2 N–H and O–H groups in total. The fraction of sp³-hybridized carbons (Fsp3) is 0.346. The lowest BCUT2D eigenvalue weighted by Gasteiger charge is -2.25. The van der Waals surface area contributed by atoms with Gasteiger partial charge in [-0.15, -0.1) is 0 Å². The van der Waals surface area contributed by atoms with Crippen molar-refractivity contribution in [3.05, 3.63) is 65.2 Å². The van der Waals surface area contributed by atoms with Crippen molar-refractivity contribution in [3.8, 4) is 0 Å². The molecule has 0 bridgehead atoms. The van der Waals surface area contributed by atoms with Gasteiger partial charge in [-0.05, 0) is 55.5 Å². The molecule has 1 saturated carbocycles. The number of benzene rings is 2. The number of esters is 1. The molecule has 2 aromatic carbocycles. The fourth-order valence-electron chi connectivity index (χ4n) is 3.91. The van der Waals surface area contributed by atoms with E-state index in [1.54, 1.807) is 42.5 Å². The van der Waals surface area contributed by atoms with Crippen LogP contribution >= 0.6 is 0 Å². The third-order valence-corrected chi connectivity index (χ3v) is 5.77. The zero-order chi connectivity index (χ0) is 25.1. The van der Waals surface area contributed by atoms with E-state index >= 15 is 0 Å². The van der Waals surface area contributed by atoms with Gasteiger partial charge in [0.15, 0.2) is 6.61 Å². The first-order valence-corrected chi connectivity index (χ1v) is 11.6. The molecule has 182 valence electrons. The van der Waals surface area contributed by atoms with Gasteiger partial charge in [0.1, 0.15) is 6.04 Å². The Labute approximate surface area is 202 Å². The molecule has 4 amide bonds. The van der Waals surface area contributed by atoms with E-state index in [0.29, 0.717) is 11.3 Å². The van der Waals surface area contributed by atoms with Gasteiger partial charge < -0.3 is 15.4 Å². The largest absolute Gasteiger partial charge is 0.454 e. The maximum atomic E-state index is 12.9. The van der Waals surface area contributed by atoms with E-state index in [-0.39, 0.29) is 35.4 Å². The lowest BCUT2D eigenvalue weighted by Crippen LogP contribution is -2.46. The quantitative estimate of drug-likeness (QED) is 0.423. The maximum absolute atomic E-state index is 12.9. The molecule has 1 heterocycles. The fourth-order valence-corrected chi connectivity index (χ4v) is 3.91. The number of ether oxygens (including phenoxy) is 1. The van der Waals surface area contributed by atoms with Crippen LogP contribution in [0.4, 0.5) is 5.69 Å². The van der Waals surface area contributed by atoms with Crippen LogP contribution in [0.15, 0.2) is 48.5 Å². The molecule has 2 aliphatic rings. The van der Waals surface area contributed by atoms with E-state index in [9.17, 15) is 24.0 Å². The number of nitrogens with one attached hydrogen (secondary N) is 2. The Hall–Kier alpha value is -4.01. The average Bonchev–Trinajstić information content (AvgIpc) is 3.61. The third-order valence-electron chi connectivity index (χ3n) is 5.77. The Bertz CT molecular complexity index is 1150. The summed E-state index contributed by atoms with van der Waals surface area (Å²) in [5.41, 5.74) is 1.27. The molecular weight excluding hydrogens is 450 g/mol. The second-order valence-electron chi connectivity index (χ2n) is 9.16. The Morgan fingerprint density at radius 2 is 1.66 bits per heavy atom. The van der Waals surface area contributed by atoms with Crippen molar-refractivity contribution in [2.45, 2.75) is 45.2 Å². The minimum atomic E-state index is -1.15. The molecule has 0 saturated heterocycles. The number of nitrogens with zero attached hydrogens (tertiary/aromatic N) is 1. The molecule has 1 unspecified atom stereocenters. The monoisotopic (exact) mass is 477 g/mol. The van der Waals surface area contributed by atoms with Crippen molar-refractivity contribution in [1.82, 2.24) is 10.2 Å². The number of amides is 4. The normalized spacial score (nSPS) is 15.6. The van der Waals surface area contributed by atoms with Crippen LogP contribution in [0, 0.1) is 5.92 Å². The first-order valence-electron chi connectivity index (χ1n) is 11.6. The number of carbonyl (C=O) groups excluding carboxylic acids is 5. The molecule has 9 nitrogen and oxygen atoms in total. The van der Waals surface area contributed by atoms with Gasteiger partial charge in [-0.1, -0.05) is 32.0 Å². The summed E-state index contributed by atoms with van der Waals surface area (Å²) < 4.78 is 5.21. The summed E-state index contributed by atoms with van der Waals surface area (Å²) in [5, 5.41) is 5.48. The standard InChI is InChI=1S/C26H27N3O6/c1-15(2)12-21(29-24(32)19-8-3-4-9-20(19)25(29)33)26(34)35-14-22(30)27-18-7-5-6-16(13-18)23(31)28-17-10-11-17/h3-9,13,15,17,21H,10-12,14H2,1-2H3,(H,27,30)(H,28,31). The molecule has 0 radical (unpaired) electrons. The smallest absolute Gasteiger partial charge is 0.329 e. The van der Waals surface area contributed by atoms with Crippen LogP contribution in [0.5, 0.6) is 0 Å². The van der Waals surface area contributed by atoms with Gasteiger partial charge in [0.05, 0.1) is 11.1 Å². The third kappa shape index (κ3) is 5.56. The van der Waals surface area contributed by atoms with Crippen LogP contribution < -0.4 is 10.6 Å². The van der Waals surface area contributed by atoms with Crippen LogP contribution in [0.2, 0.25) is 0 Å². The summed E-state index contributed by atoms with van der Waals surface area (Å²) in [4.78, 5) is 64.2. The first kappa shape index (κ1) is 24.1. The number of hydrogen-bond acceptors (Lipinski definition) is 6. The van der Waals surface area contributed by atoms with Crippen LogP contribution in [-0.2, 0) is 14.3 Å². The van der Waals surface area contributed by atoms with Crippen LogP contribution in [-0.4, -0.2) is 53.2 Å². The number of imide groups is 1. The maximum Gasteiger partial charge on any atom is 0.329 e. The van der Waals surface area contributed by atoms with Crippen molar-refractivity contribution < 1.29 is 28.7 Å². The van der Waals surface area contributed by atoms with Gasteiger partial charge in [0.2, 0.25) is 0 Å². The zero-order valence-electron chi connectivity index (χ0n) is 19.6. The molecule has 4 rings (SSSR count). The Balaban J connectivity index is 1.38. The highest BCUT2D eigenvalue weighted by Crippen LogP contribution is 2.27. The summed E-state index contributed by atoms with van der Waals surface area (Å²) in [6, 6.07) is 11.9. The van der Waals surface area contributed by atoms with Crippen LogP contribution in [0.1, 0.15) is 64.2 Å². The zero-order valence-corrected chi connectivity index (χ0v) is 19.6. The topological polar surface area (TPSA) is 122 Å². The number of rotatable bonds is 9. The Kier molecular flexibility index (Phi) is 6.95. The van der Waals surface area contributed by atoms with Crippen molar-refractivity contribution in [2.24, 2.45) is 5.92 Å². The van der Waals surface area contributed by atoms with Crippen molar-refractivity contribution >= 4 is 35.3 Å². The molecule has 0 aromatic heterocycles. The van der Waals surface area contributed by atoms with E-state index in [0.717, 1.165) is 17.7 Å². The number of carbonyl (C=O) groups is 5. The van der Waals surface area contributed by atoms with Gasteiger partial charge in [-0.3, -0.25) is 24.1 Å². The van der Waals surface area contributed by atoms with Gasteiger partial charge >= 0.3 is 5.97 Å². The minimum Gasteiger partial charge on any atom is -0.454 e. The summed E-state index contributed by atoms with van der Waals surface area (Å²) in [5.74, 6) is -2.79. The molecular formula is C26H27N3O6. The summed E-state index contributed by atoms with van der Waals surface area (Å²) in [6.07, 6.45) is 2.13. The molecule has 9 heteroatoms. The van der Waals surface area contributed by atoms with E-state index in [1.807, 2.05) is 13.8 Å². The van der Waals surface area contributed by atoms with Gasteiger partial charge in [-0.25, -0.2) is 4.79 Å². The van der Waals surface area contributed by atoms with Gasteiger partial charge in [0, 0.05) is 17.3 Å². The van der Waals surface area contributed by atoms with Crippen LogP contribution in [0.25, 0.3) is 0 Å². The van der Waals surface area contributed by atoms with Crippen LogP contribution in [0.3, 0.4) is 0 Å². The predicted molar refractivity (Wildman–Crippen MR) is 127 cm³/mol. The first-order chi connectivity index (χ1) is 16.7. The molecule has 0 spiro atoms. The van der Waals surface area contributed by atoms with Crippen molar-refractivity contribution in [3.63, 3.8) is 0 Å². The number of fused-ring (bicyclic) bond motifs is 1. The highest BCUT2D eigenvalue weighted by molar-refractivity contribution is 6.22.